The minimum absolute atomic E-state index is 0.0792. The highest BCUT2D eigenvalue weighted by molar-refractivity contribution is 7.92. The number of anilines is 1. The zero-order valence-electron chi connectivity index (χ0n) is 16.2. The van der Waals surface area contributed by atoms with Crippen molar-refractivity contribution in [2.45, 2.75) is 4.90 Å². The Kier molecular flexibility index (Phi) is 4.81. The molecule has 0 amide bonds. The smallest absolute Gasteiger partial charge is 0.262 e. The molecule has 0 radical (unpaired) electrons. The number of sulfonamides is 1. The molecule has 0 atom stereocenters. The Bertz CT molecular complexity index is 1550. The lowest BCUT2D eigenvalue weighted by molar-refractivity contribution is 0.601. The van der Waals surface area contributed by atoms with Gasteiger partial charge in [-0.3, -0.25) is 9.71 Å². The second kappa shape index (κ2) is 7.65. The first-order valence-electron chi connectivity index (χ1n) is 9.52. The molecule has 5 aromatic rings. The molecule has 1 N–H and O–H groups in total. The average molecular weight is 446 g/mol. The summed E-state index contributed by atoms with van der Waals surface area (Å²) in [5.41, 5.74) is 2.73. The summed E-state index contributed by atoms with van der Waals surface area (Å²) in [6.07, 6.45) is 3.36. The van der Waals surface area contributed by atoms with Crippen LogP contribution in [0.5, 0.6) is 0 Å². The summed E-state index contributed by atoms with van der Waals surface area (Å²) in [7, 11) is -3.85. The molecule has 152 valence electrons. The van der Waals surface area contributed by atoms with Crippen LogP contribution in [-0.4, -0.2) is 18.4 Å². The number of halogens is 1. The third-order valence-corrected chi connectivity index (χ3v) is 6.72. The summed E-state index contributed by atoms with van der Waals surface area (Å²) in [4.78, 5) is 8.67. The van der Waals surface area contributed by atoms with Gasteiger partial charge < -0.3 is 0 Å². The van der Waals surface area contributed by atoms with E-state index >= 15 is 0 Å². The summed E-state index contributed by atoms with van der Waals surface area (Å²) in [5.74, 6) is 0. The Morgan fingerprint density at radius 3 is 2.42 bits per heavy atom. The van der Waals surface area contributed by atoms with Crippen LogP contribution in [-0.2, 0) is 10.0 Å². The van der Waals surface area contributed by atoms with Crippen LogP contribution in [0.2, 0.25) is 5.15 Å². The van der Waals surface area contributed by atoms with Gasteiger partial charge in [0.05, 0.1) is 16.1 Å². The topological polar surface area (TPSA) is 72.0 Å². The number of nitrogens with zero attached hydrogens (tertiary/aromatic N) is 2. The average Bonchev–Trinajstić information content (AvgIpc) is 2.79. The van der Waals surface area contributed by atoms with Crippen molar-refractivity contribution in [3.63, 3.8) is 0 Å². The first kappa shape index (κ1) is 19.5. The maximum atomic E-state index is 13.0. The lowest BCUT2D eigenvalue weighted by Crippen LogP contribution is -2.13. The predicted molar refractivity (Wildman–Crippen MR) is 125 cm³/mol. The Balaban J connectivity index is 1.52. The van der Waals surface area contributed by atoms with Crippen molar-refractivity contribution in [2.75, 3.05) is 4.72 Å². The highest BCUT2D eigenvalue weighted by Gasteiger charge is 2.17. The van der Waals surface area contributed by atoms with Crippen molar-refractivity contribution in [1.29, 1.82) is 0 Å². The van der Waals surface area contributed by atoms with E-state index in [4.69, 9.17) is 11.6 Å². The molecule has 0 aliphatic rings. The van der Waals surface area contributed by atoms with Crippen molar-refractivity contribution in [1.82, 2.24) is 9.97 Å². The third kappa shape index (κ3) is 3.83. The molecule has 0 fully saturated rings. The molecule has 0 unspecified atom stereocenters. The molecule has 2 heterocycles. The van der Waals surface area contributed by atoms with E-state index in [1.807, 2.05) is 54.6 Å². The van der Waals surface area contributed by atoms with E-state index in [9.17, 15) is 8.42 Å². The molecule has 0 saturated carbocycles. The van der Waals surface area contributed by atoms with Crippen LogP contribution in [0, 0.1) is 0 Å². The molecule has 0 bridgehead atoms. The molecule has 0 spiro atoms. The zero-order valence-corrected chi connectivity index (χ0v) is 17.7. The fraction of sp³-hybridized carbons (Fsp3) is 0. The van der Waals surface area contributed by atoms with Gasteiger partial charge in [-0.2, -0.15) is 0 Å². The molecule has 5 rings (SSSR count). The van der Waals surface area contributed by atoms with Crippen LogP contribution >= 0.6 is 11.6 Å². The Labute approximate surface area is 184 Å². The van der Waals surface area contributed by atoms with Gasteiger partial charge in [0.15, 0.2) is 5.15 Å². The van der Waals surface area contributed by atoms with Gasteiger partial charge in [0.25, 0.3) is 10.0 Å². The number of fused-ring (bicyclic) bond motifs is 2. The van der Waals surface area contributed by atoms with Gasteiger partial charge in [-0.05, 0) is 52.7 Å². The van der Waals surface area contributed by atoms with Crippen LogP contribution in [0.3, 0.4) is 0 Å². The molecule has 7 heteroatoms. The van der Waals surface area contributed by atoms with E-state index in [0.717, 1.165) is 32.8 Å². The molecule has 31 heavy (non-hydrogen) atoms. The lowest BCUT2D eigenvalue weighted by Gasteiger charge is -2.12. The van der Waals surface area contributed by atoms with E-state index in [2.05, 4.69) is 14.7 Å². The Morgan fingerprint density at radius 1 is 0.742 bits per heavy atom. The summed E-state index contributed by atoms with van der Waals surface area (Å²) in [5, 5.41) is 2.87. The number of nitrogens with one attached hydrogen (secondary N) is 1. The largest absolute Gasteiger partial charge is 0.276 e. The van der Waals surface area contributed by atoms with Crippen molar-refractivity contribution >= 4 is 49.0 Å². The first-order valence-corrected chi connectivity index (χ1v) is 11.4. The van der Waals surface area contributed by atoms with Gasteiger partial charge in [-0.25, -0.2) is 13.4 Å². The van der Waals surface area contributed by atoms with E-state index in [1.54, 1.807) is 36.7 Å². The normalized spacial score (nSPS) is 11.6. The van der Waals surface area contributed by atoms with Crippen molar-refractivity contribution in [2.24, 2.45) is 0 Å². The Morgan fingerprint density at radius 2 is 1.55 bits per heavy atom. The SMILES string of the molecule is O=S(=O)(Nc1cc(-c2ccc3ncccc3c2)cnc1Cl)c1ccc2ccccc2c1. The summed E-state index contributed by atoms with van der Waals surface area (Å²) >= 11 is 6.22. The van der Waals surface area contributed by atoms with E-state index in [1.165, 1.54) is 0 Å². The molecular weight excluding hydrogens is 430 g/mol. The second-order valence-electron chi connectivity index (χ2n) is 7.09. The predicted octanol–water partition coefficient (Wildman–Crippen LogP) is 5.90. The minimum atomic E-state index is -3.85. The lowest BCUT2D eigenvalue weighted by atomic mass is 10.0. The number of aromatic nitrogens is 2. The molecule has 0 aliphatic carbocycles. The standard InChI is InChI=1S/C24H16ClN3O2S/c25-24-23(28-31(29,30)21-9-7-16-4-1-2-5-17(16)13-21)14-20(15-27-24)18-8-10-22-19(12-18)6-3-11-26-22/h1-15,28H. The zero-order chi connectivity index (χ0) is 21.4. The summed E-state index contributed by atoms with van der Waals surface area (Å²) in [6, 6.07) is 23.9. The third-order valence-electron chi connectivity index (χ3n) is 5.05. The van der Waals surface area contributed by atoms with Gasteiger partial charge in [0.2, 0.25) is 0 Å². The summed E-state index contributed by atoms with van der Waals surface area (Å²) < 4.78 is 28.6. The minimum Gasteiger partial charge on any atom is -0.276 e. The van der Waals surface area contributed by atoms with E-state index in [0.29, 0.717) is 0 Å². The van der Waals surface area contributed by atoms with Crippen molar-refractivity contribution in [3.8, 4) is 11.1 Å². The highest BCUT2D eigenvalue weighted by atomic mass is 35.5. The highest BCUT2D eigenvalue weighted by Crippen LogP contribution is 2.30. The molecule has 3 aromatic carbocycles. The fourth-order valence-corrected chi connectivity index (χ4v) is 4.77. The monoisotopic (exact) mass is 445 g/mol. The molecule has 2 aromatic heterocycles. The van der Waals surface area contributed by atoms with Crippen LogP contribution in [0.1, 0.15) is 0 Å². The second-order valence-corrected chi connectivity index (χ2v) is 9.13. The number of pyridine rings is 2. The number of rotatable bonds is 4. The van der Waals surface area contributed by atoms with Crippen LogP contribution in [0.25, 0.3) is 32.8 Å². The summed E-state index contributed by atoms with van der Waals surface area (Å²) in [6.45, 7) is 0. The maximum absolute atomic E-state index is 13.0. The Hall–Kier alpha value is -3.48. The number of benzene rings is 3. The number of hydrogen-bond acceptors (Lipinski definition) is 4. The molecule has 0 aliphatic heterocycles. The van der Waals surface area contributed by atoms with Crippen molar-refractivity contribution < 1.29 is 8.42 Å². The van der Waals surface area contributed by atoms with Gasteiger partial charge in [0.1, 0.15) is 0 Å². The first-order chi connectivity index (χ1) is 15.0. The van der Waals surface area contributed by atoms with Gasteiger partial charge in [-0.15, -0.1) is 0 Å². The quantitative estimate of drug-likeness (QED) is 0.349. The van der Waals surface area contributed by atoms with E-state index < -0.39 is 10.0 Å². The fourth-order valence-electron chi connectivity index (χ4n) is 3.47. The van der Waals surface area contributed by atoms with Gasteiger partial charge >= 0.3 is 0 Å². The van der Waals surface area contributed by atoms with Gasteiger partial charge in [-0.1, -0.05) is 54.1 Å². The maximum Gasteiger partial charge on any atom is 0.262 e. The molecule has 5 nitrogen and oxygen atoms in total. The molecule has 0 saturated heterocycles. The van der Waals surface area contributed by atoms with Crippen LogP contribution < -0.4 is 4.72 Å². The molecular formula is C24H16ClN3O2S. The van der Waals surface area contributed by atoms with Gasteiger partial charge in [0, 0.05) is 23.3 Å². The number of hydrogen-bond donors (Lipinski definition) is 1. The van der Waals surface area contributed by atoms with Crippen LogP contribution in [0.15, 0.2) is 96.2 Å². The van der Waals surface area contributed by atoms with E-state index in [-0.39, 0.29) is 15.7 Å². The van der Waals surface area contributed by atoms with Crippen molar-refractivity contribution in [3.05, 3.63) is 96.4 Å². The van der Waals surface area contributed by atoms with Crippen LogP contribution in [0.4, 0.5) is 5.69 Å².